The molecule has 0 saturated carbocycles. The van der Waals surface area contributed by atoms with Gasteiger partial charge in [0.05, 0.1) is 16.8 Å². The molecular weight excluding hydrogens is 459 g/mol. The van der Waals surface area contributed by atoms with Gasteiger partial charge in [-0.05, 0) is 48.5 Å². The second kappa shape index (κ2) is 8.95. The van der Waals surface area contributed by atoms with Crippen molar-refractivity contribution in [2.75, 3.05) is 10.6 Å². The van der Waals surface area contributed by atoms with E-state index in [2.05, 4.69) is 10.6 Å². The summed E-state index contributed by atoms with van der Waals surface area (Å²) in [6.07, 6.45) is -4.85. The van der Waals surface area contributed by atoms with Crippen LogP contribution in [-0.4, -0.2) is 11.8 Å². The summed E-state index contributed by atoms with van der Waals surface area (Å²) in [5.41, 5.74) is -2.35. The minimum Gasteiger partial charge on any atom is -0.322 e. The van der Waals surface area contributed by atoms with Gasteiger partial charge in [-0.1, -0.05) is 35.3 Å². The Labute approximate surface area is 183 Å². The maximum atomic E-state index is 13.7. The highest BCUT2D eigenvalue weighted by Gasteiger charge is 2.34. The molecule has 0 fully saturated rings. The summed E-state index contributed by atoms with van der Waals surface area (Å²) in [6.45, 7) is 0. The molecule has 0 spiro atoms. The van der Waals surface area contributed by atoms with Crippen LogP contribution in [0.25, 0.3) is 0 Å². The number of amides is 2. The Morgan fingerprint density at radius 1 is 0.806 bits per heavy atom. The SMILES string of the molecule is O=C(Nc1ccc(NC(=O)c2ccccc2F)cc1C(F)(F)F)c1cc(Cl)cc(Cl)c1. The lowest BCUT2D eigenvalue weighted by Gasteiger charge is -2.16. The average molecular weight is 471 g/mol. The van der Waals surface area contributed by atoms with Crippen LogP contribution in [0, 0.1) is 5.82 Å². The van der Waals surface area contributed by atoms with Crippen molar-refractivity contribution in [3.8, 4) is 0 Å². The quantitative estimate of drug-likeness (QED) is 0.419. The third-order valence-electron chi connectivity index (χ3n) is 4.07. The molecule has 0 saturated heterocycles. The summed E-state index contributed by atoms with van der Waals surface area (Å²) < 4.78 is 54.4. The van der Waals surface area contributed by atoms with Gasteiger partial charge >= 0.3 is 6.18 Å². The van der Waals surface area contributed by atoms with E-state index in [4.69, 9.17) is 23.2 Å². The molecule has 0 aliphatic heterocycles. The number of alkyl halides is 3. The molecule has 0 aliphatic carbocycles. The predicted octanol–water partition coefficient (Wildman–Crippen LogP) is 6.66. The number of carbonyl (C=O) groups excluding carboxylic acids is 2. The van der Waals surface area contributed by atoms with Gasteiger partial charge in [0.15, 0.2) is 0 Å². The van der Waals surface area contributed by atoms with E-state index in [0.29, 0.717) is 6.07 Å². The first-order chi connectivity index (χ1) is 14.5. The molecule has 0 unspecified atom stereocenters. The minimum atomic E-state index is -4.85. The van der Waals surface area contributed by atoms with E-state index in [1.807, 2.05) is 0 Å². The van der Waals surface area contributed by atoms with Crippen LogP contribution in [0.1, 0.15) is 26.3 Å². The molecule has 160 valence electrons. The fourth-order valence-corrected chi connectivity index (χ4v) is 3.21. The summed E-state index contributed by atoms with van der Waals surface area (Å²) >= 11 is 11.6. The smallest absolute Gasteiger partial charge is 0.322 e. The zero-order chi connectivity index (χ0) is 22.8. The highest BCUT2D eigenvalue weighted by molar-refractivity contribution is 6.35. The molecule has 0 bridgehead atoms. The van der Waals surface area contributed by atoms with Crippen LogP contribution >= 0.6 is 23.2 Å². The average Bonchev–Trinajstić information content (AvgIpc) is 2.67. The summed E-state index contributed by atoms with van der Waals surface area (Å²) in [5, 5.41) is 4.65. The molecular formula is C21H12Cl2F4N2O2. The van der Waals surface area contributed by atoms with Crippen molar-refractivity contribution in [2.24, 2.45) is 0 Å². The Hall–Kier alpha value is -3.10. The van der Waals surface area contributed by atoms with Crippen LogP contribution in [0.2, 0.25) is 10.0 Å². The van der Waals surface area contributed by atoms with Gasteiger partial charge in [0.2, 0.25) is 0 Å². The highest BCUT2D eigenvalue weighted by atomic mass is 35.5. The molecule has 3 aromatic carbocycles. The van der Waals surface area contributed by atoms with Crippen molar-refractivity contribution in [1.29, 1.82) is 0 Å². The summed E-state index contributed by atoms with van der Waals surface area (Å²) in [7, 11) is 0. The second-order valence-electron chi connectivity index (χ2n) is 6.30. The van der Waals surface area contributed by atoms with Crippen LogP contribution in [0.4, 0.5) is 28.9 Å². The normalized spacial score (nSPS) is 11.2. The largest absolute Gasteiger partial charge is 0.418 e. The summed E-state index contributed by atoms with van der Waals surface area (Å²) in [6, 6.07) is 11.7. The van der Waals surface area contributed by atoms with Crippen LogP contribution in [0.3, 0.4) is 0 Å². The Morgan fingerprint density at radius 2 is 1.45 bits per heavy atom. The van der Waals surface area contributed by atoms with Crippen LogP contribution in [0.5, 0.6) is 0 Å². The van der Waals surface area contributed by atoms with Crippen LogP contribution in [-0.2, 0) is 6.18 Å². The van der Waals surface area contributed by atoms with Crippen molar-refractivity contribution >= 4 is 46.4 Å². The summed E-state index contributed by atoms with van der Waals surface area (Å²) in [4.78, 5) is 24.6. The number of halogens is 6. The number of nitrogens with one attached hydrogen (secondary N) is 2. The Kier molecular flexibility index (Phi) is 6.52. The molecule has 3 rings (SSSR count). The van der Waals surface area contributed by atoms with Gasteiger partial charge in [0.25, 0.3) is 11.8 Å². The van der Waals surface area contributed by atoms with Crippen molar-refractivity contribution in [3.05, 3.63) is 93.2 Å². The Morgan fingerprint density at radius 3 is 2.06 bits per heavy atom. The maximum absolute atomic E-state index is 13.7. The van der Waals surface area contributed by atoms with E-state index in [1.165, 1.54) is 36.4 Å². The van der Waals surface area contributed by atoms with Gasteiger partial charge in [-0.15, -0.1) is 0 Å². The zero-order valence-corrected chi connectivity index (χ0v) is 16.9. The third-order valence-corrected chi connectivity index (χ3v) is 4.51. The topological polar surface area (TPSA) is 58.2 Å². The van der Waals surface area contributed by atoms with Crippen LogP contribution < -0.4 is 10.6 Å². The molecule has 4 nitrogen and oxygen atoms in total. The first-order valence-corrected chi connectivity index (χ1v) is 9.35. The molecule has 0 atom stereocenters. The van der Waals surface area contributed by atoms with E-state index >= 15 is 0 Å². The van der Waals surface area contributed by atoms with Gasteiger partial charge in [-0.2, -0.15) is 13.2 Å². The number of carbonyl (C=O) groups is 2. The predicted molar refractivity (Wildman–Crippen MR) is 110 cm³/mol. The second-order valence-corrected chi connectivity index (χ2v) is 7.18. The fraction of sp³-hybridized carbons (Fsp3) is 0.0476. The van der Waals surface area contributed by atoms with E-state index in [0.717, 1.165) is 18.2 Å². The molecule has 0 radical (unpaired) electrons. The van der Waals surface area contributed by atoms with E-state index < -0.39 is 35.1 Å². The first-order valence-electron chi connectivity index (χ1n) is 8.59. The van der Waals surface area contributed by atoms with Gasteiger partial charge in [0, 0.05) is 21.3 Å². The standard InChI is InChI=1S/C21H12Cl2F4N2O2/c22-12-7-11(8-13(23)9-12)19(30)29-18-6-5-14(10-16(18)21(25,26)27)28-20(31)15-3-1-2-4-17(15)24/h1-10H,(H,28,31)(H,29,30). The number of rotatable bonds is 4. The van der Waals surface area contributed by atoms with Crippen LogP contribution in [0.15, 0.2) is 60.7 Å². The Bertz CT molecular complexity index is 1150. The summed E-state index contributed by atoms with van der Waals surface area (Å²) in [5.74, 6) is -2.60. The Balaban J connectivity index is 1.89. The van der Waals surface area contributed by atoms with Crippen molar-refractivity contribution in [3.63, 3.8) is 0 Å². The highest BCUT2D eigenvalue weighted by Crippen LogP contribution is 2.37. The maximum Gasteiger partial charge on any atom is 0.418 e. The molecule has 10 heteroatoms. The lowest BCUT2D eigenvalue weighted by atomic mass is 10.1. The molecule has 2 N–H and O–H groups in total. The van der Waals surface area contributed by atoms with Crippen molar-refractivity contribution in [1.82, 2.24) is 0 Å². The van der Waals surface area contributed by atoms with Crippen molar-refractivity contribution in [2.45, 2.75) is 6.18 Å². The monoisotopic (exact) mass is 470 g/mol. The molecule has 0 heterocycles. The molecule has 2 amide bonds. The zero-order valence-electron chi connectivity index (χ0n) is 15.4. The number of hydrogen-bond acceptors (Lipinski definition) is 2. The first kappa shape index (κ1) is 22.6. The van der Waals surface area contributed by atoms with Gasteiger partial charge in [-0.3, -0.25) is 9.59 Å². The number of anilines is 2. The van der Waals surface area contributed by atoms with Gasteiger partial charge in [0.1, 0.15) is 5.82 Å². The van der Waals surface area contributed by atoms with E-state index in [-0.39, 0.29) is 26.9 Å². The number of hydrogen-bond donors (Lipinski definition) is 2. The fourth-order valence-electron chi connectivity index (χ4n) is 2.69. The van der Waals surface area contributed by atoms with Gasteiger partial charge in [-0.25, -0.2) is 4.39 Å². The van der Waals surface area contributed by atoms with Gasteiger partial charge < -0.3 is 10.6 Å². The molecule has 31 heavy (non-hydrogen) atoms. The van der Waals surface area contributed by atoms with E-state index in [1.54, 1.807) is 0 Å². The lowest BCUT2D eigenvalue weighted by Crippen LogP contribution is -2.18. The number of benzene rings is 3. The third kappa shape index (κ3) is 5.53. The molecule has 0 aromatic heterocycles. The lowest BCUT2D eigenvalue weighted by molar-refractivity contribution is -0.136. The molecule has 0 aliphatic rings. The van der Waals surface area contributed by atoms with Crippen molar-refractivity contribution < 1.29 is 27.2 Å². The van der Waals surface area contributed by atoms with E-state index in [9.17, 15) is 27.2 Å². The molecule has 3 aromatic rings. The minimum absolute atomic E-state index is 0.0393.